The average molecular weight is 378 g/mol. The van der Waals surface area contributed by atoms with Gasteiger partial charge in [0.2, 0.25) is 0 Å². The number of hydrogen-bond acceptors (Lipinski definition) is 3. The first-order chi connectivity index (χ1) is 11.9. The second-order valence-electron chi connectivity index (χ2n) is 6.84. The van der Waals surface area contributed by atoms with E-state index in [4.69, 9.17) is 4.74 Å². The molecule has 0 saturated carbocycles. The van der Waals surface area contributed by atoms with Gasteiger partial charge >= 0.3 is 5.97 Å². The highest BCUT2D eigenvalue weighted by molar-refractivity contribution is 5.85. The molecule has 1 N–H and O–H groups in total. The second kappa shape index (κ2) is 10.2. The minimum absolute atomic E-state index is 0. The van der Waals surface area contributed by atoms with E-state index >= 15 is 0 Å². The van der Waals surface area contributed by atoms with Gasteiger partial charge in [-0.3, -0.25) is 4.79 Å². The maximum atomic E-state index is 12.0. The summed E-state index contributed by atoms with van der Waals surface area (Å²) in [5.41, 5.74) is -0.138. The molecule has 142 valence electrons. The lowest BCUT2D eigenvalue weighted by molar-refractivity contribution is -0.143. The van der Waals surface area contributed by atoms with Crippen LogP contribution in [0.5, 0.6) is 11.5 Å². The maximum Gasteiger partial charge on any atom is 0.313 e. The Morgan fingerprint density at radius 3 is 2.31 bits per heavy atom. The van der Waals surface area contributed by atoms with Gasteiger partial charge in [-0.15, -0.1) is 12.4 Å². The van der Waals surface area contributed by atoms with E-state index in [1.807, 2.05) is 68.7 Å². The molecular weight excluding hydrogens is 350 g/mol. The van der Waals surface area contributed by atoms with Crippen molar-refractivity contribution in [1.29, 1.82) is 0 Å². The van der Waals surface area contributed by atoms with Crippen molar-refractivity contribution < 1.29 is 14.6 Å². The highest BCUT2D eigenvalue weighted by atomic mass is 35.5. The summed E-state index contributed by atoms with van der Waals surface area (Å²) in [6.07, 6.45) is 2.45. The zero-order chi connectivity index (χ0) is 18.3. The number of nitrogens with zero attached hydrogens (tertiary/aromatic N) is 1. The van der Waals surface area contributed by atoms with Crippen molar-refractivity contribution in [3.8, 4) is 11.5 Å². The number of carboxylic acid groups (broad SMARTS) is 1. The number of carboxylic acids is 1. The van der Waals surface area contributed by atoms with Crippen LogP contribution in [0, 0.1) is 0 Å². The summed E-state index contributed by atoms with van der Waals surface area (Å²) < 4.78 is 5.85. The Hall–Kier alpha value is -2.04. The van der Waals surface area contributed by atoms with Crippen LogP contribution in [0.1, 0.15) is 31.7 Å². The number of carbonyl (C=O) groups is 1. The largest absolute Gasteiger partial charge is 0.481 e. The van der Waals surface area contributed by atoms with E-state index in [2.05, 4.69) is 4.90 Å². The lowest BCUT2D eigenvalue weighted by Gasteiger charge is -2.26. The smallest absolute Gasteiger partial charge is 0.313 e. The summed E-state index contributed by atoms with van der Waals surface area (Å²) in [7, 11) is 4.06. The van der Waals surface area contributed by atoms with Crippen LogP contribution in [-0.4, -0.2) is 36.6 Å². The Morgan fingerprint density at radius 1 is 1.04 bits per heavy atom. The minimum Gasteiger partial charge on any atom is -0.481 e. The van der Waals surface area contributed by atoms with Gasteiger partial charge in [0.25, 0.3) is 0 Å². The topological polar surface area (TPSA) is 49.8 Å². The second-order valence-corrected chi connectivity index (χ2v) is 6.84. The Bertz CT molecular complexity index is 691. The molecule has 0 aromatic heterocycles. The van der Waals surface area contributed by atoms with Gasteiger partial charge in [-0.2, -0.15) is 0 Å². The van der Waals surface area contributed by atoms with Gasteiger partial charge in [-0.1, -0.05) is 36.8 Å². The molecule has 0 bridgehead atoms. The molecule has 0 aliphatic carbocycles. The van der Waals surface area contributed by atoms with Crippen molar-refractivity contribution in [1.82, 2.24) is 4.90 Å². The lowest BCUT2D eigenvalue weighted by atomic mass is 9.78. The number of unbranched alkanes of at least 4 members (excludes halogenated alkanes) is 1. The molecule has 2 rings (SSSR count). The number of benzene rings is 2. The number of aliphatic carboxylic acids is 1. The molecule has 0 aliphatic rings. The molecule has 1 atom stereocenters. The molecule has 2 aromatic rings. The van der Waals surface area contributed by atoms with Crippen LogP contribution in [0.2, 0.25) is 0 Å². The summed E-state index contributed by atoms with van der Waals surface area (Å²) in [4.78, 5) is 14.1. The number of hydrogen-bond donors (Lipinski definition) is 1. The van der Waals surface area contributed by atoms with Crippen molar-refractivity contribution in [2.75, 3.05) is 20.6 Å². The van der Waals surface area contributed by atoms with Crippen LogP contribution in [-0.2, 0) is 10.2 Å². The van der Waals surface area contributed by atoms with Gasteiger partial charge < -0.3 is 14.7 Å². The van der Waals surface area contributed by atoms with Gasteiger partial charge in [0, 0.05) is 0 Å². The molecule has 0 fully saturated rings. The monoisotopic (exact) mass is 377 g/mol. The summed E-state index contributed by atoms with van der Waals surface area (Å²) in [5.74, 6) is 0.598. The van der Waals surface area contributed by atoms with Crippen LogP contribution < -0.4 is 4.74 Å². The summed E-state index contributed by atoms with van der Waals surface area (Å²) in [5, 5.41) is 9.82. The zero-order valence-corrected chi connectivity index (χ0v) is 16.5. The summed E-state index contributed by atoms with van der Waals surface area (Å²) >= 11 is 0. The number of rotatable bonds is 9. The fourth-order valence-electron chi connectivity index (χ4n) is 2.81. The van der Waals surface area contributed by atoms with E-state index in [0.717, 1.165) is 30.7 Å². The first-order valence-electron chi connectivity index (χ1n) is 8.63. The SMILES string of the molecule is CN(C)CCCCC(C)(C(=O)O)c1cccc(Oc2ccccc2)c1.Cl. The van der Waals surface area contributed by atoms with Crippen molar-refractivity contribution in [3.05, 3.63) is 60.2 Å². The Kier molecular flexibility index (Phi) is 8.62. The fraction of sp³-hybridized carbons (Fsp3) is 0.381. The number of para-hydroxylation sites is 1. The van der Waals surface area contributed by atoms with E-state index in [1.165, 1.54) is 0 Å². The molecule has 0 radical (unpaired) electrons. The molecule has 1 unspecified atom stereocenters. The van der Waals surface area contributed by atoms with Crippen molar-refractivity contribution in [3.63, 3.8) is 0 Å². The Balaban J connectivity index is 0.00000338. The van der Waals surface area contributed by atoms with E-state index in [-0.39, 0.29) is 12.4 Å². The van der Waals surface area contributed by atoms with Gasteiger partial charge in [-0.25, -0.2) is 0 Å². The van der Waals surface area contributed by atoms with Gasteiger partial charge in [0.05, 0.1) is 5.41 Å². The molecule has 0 aliphatic heterocycles. The van der Waals surface area contributed by atoms with E-state index in [1.54, 1.807) is 6.92 Å². The van der Waals surface area contributed by atoms with Crippen LogP contribution in [0.25, 0.3) is 0 Å². The third-order valence-corrected chi connectivity index (χ3v) is 4.45. The maximum absolute atomic E-state index is 12.0. The van der Waals surface area contributed by atoms with Crippen LogP contribution in [0.3, 0.4) is 0 Å². The molecule has 26 heavy (non-hydrogen) atoms. The number of ether oxygens (including phenoxy) is 1. The van der Waals surface area contributed by atoms with Gasteiger partial charge in [-0.05, 0) is 70.2 Å². The third-order valence-electron chi connectivity index (χ3n) is 4.45. The highest BCUT2D eigenvalue weighted by Crippen LogP contribution is 2.33. The molecule has 0 saturated heterocycles. The zero-order valence-electron chi connectivity index (χ0n) is 15.6. The van der Waals surface area contributed by atoms with Crippen molar-refractivity contribution >= 4 is 18.4 Å². The molecule has 2 aromatic carbocycles. The lowest BCUT2D eigenvalue weighted by Crippen LogP contribution is -2.32. The minimum atomic E-state index is -0.914. The van der Waals surface area contributed by atoms with Gasteiger partial charge in [0.1, 0.15) is 11.5 Å². The van der Waals surface area contributed by atoms with E-state index < -0.39 is 11.4 Å². The molecule has 0 spiro atoms. The fourth-order valence-corrected chi connectivity index (χ4v) is 2.81. The van der Waals surface area contributed by atoms with Crippen molar-refractivity contribution in [2.45, 2.75) is 31.6 Å². The van der Waals surface area contributed by atoms with Crippen LogP contribution >= 0.6 is 12.4 Å². The summed E-state index contributed by atoms with van der Waals surface area (Å²) in [6, 6.07) is 16.9. The first kappa shape index (κ1) is 22.0. The summed E-state index contributed by atoms with van der Waals surface area (Å²) in [6.45, 7) is 2.76. The quantitative estimate of drug-likeness (QED) is 0.626. The predicted molar refractivity (Wildman–Crippen MR) is 108 cm³/mol. The molecular formula is C21H28ClNO3. The van der Waals surface area contributed by atoms with E-state index in [9.17, 15) is 9.90 Å². The normalized spacial score (nSPS) is 12.9. The first-order valence-corrected chi connectivity index (χ1v) is 8.63. The highest BCUT2D eigenvalue weighted by Gasteiger charge is 2.34. The van der Waals surface area contributed by atoms with Crippen LogP contribution in [0.4, 0.5) is 0 Å². The third kappa shape index (κ3) is 6.04. The average Bonchev–Trinajstić information content (AvgIpc) is 2.59. The predicted octanol–water partition coefficient (Wildman–Crippen LogP) is 4.97. The van der Waals surface area contributed by atoms with Crippen molar-refractivity contribution in [2.24, 2.45) is 0 Å². The Labute approximate surface area is 162 Å². The molecule has 5 heteroatoms. The molecule has 0 heterocycles. The van der Waals surface area contributed by atoms with E-state index in [0.29, 0.717) is 12.2 Å². The molecule has 4 nitrogen and oxygen atoms in total. The van der Waals surface area contributed by atoms with Gasteiger partial charge in [0.15, 0.2) is 0 Å². The Morgan fingerprint density at radius 2 is 1.69 bits per heavy atom. The van der Waals surface area contributed by atoms with Crippen LogP contribution in [0.15, 0.2) is 54.6 Å². The standard InChI is InChI=1S/C21H27NO3.ClH/c1-21(20(23)24,14-7-8-15-22(2)3)17-10-9-13-19(16-17)25-18-11-5-4-6-12-18;/h4-6,9-13,16H,7-8,14-15H2,1-3H3,(H,23,24);1H. The molecule has 0 amide bonds. The number of halogens is 1.